The first-order valence-electron chi connectivity index (χ1n) is 4.79. The Morgan fingerprint density at radius 3 is 2.73 bits per heavy atom. The lowest BCUT2D eigenvalue weighted by Crippen LogP contribution is -2.28. The molecule has 1 aliphatic carbocycles. The molecule has 1 heteroatoms. The van der Waals surface area contributed by atoms with Gasteiger partial charge in [0.15, 0.2) is 0 Å². The maximum Gasteiger partial charge on any atom is -0.00233 e. The van der Waals surface area contributed by atoms with E-state index in [1.54, 1.807) is 0 Å². The van der Waals surface area contributed by atoms with Crippen LogP contribution in [0.2, 0.25) is 0 Å². The summed E-state index contributed by atoms with van der Waals surface area (Å²) in [6.07, 6.45) is 5.70. The number of rotatable bonds is 2. The van der Waals surface area contributed by atoms with Gasteiger partial charge in [-0.05, 0) is 44.2 Å². The number of hydrogen-bond donors (Lipinski definition) is 1. The molecule has 1 atom stereocenters. The summed E-state index contributed by atoms with van der Waals surface area (Å²) in [4.78, 5) is 0. The summed E-state index contributed by atoms with van der Waals surface area (Å²) < 4.78 is 0. The van der Waals surface area contributed by atoms with Crippen LogP contribution in [-0.4, -0.2) is 13.6 Å². The van der Waals surface area contributed by atoms with Crippen molar-refractivity contribution < 1.29 is 0 Å². The third-order valence-corrected chi connectivity index (χ3v) is 2.80. The second-order valence-electron chi connectivity index (χ2n) is 4.68. The Balaban J connectivity index is 2.34. The molecule has 0 bridgehead atoms. The van der Waals surface area contributed by atoms with Gasteiger partial charge in [0, 0.05) is 0 Å². The Morgan fingerprint density at radius 1 is 1.45 bits per heavy atom. The van der Waals surface area contributed by atoms with Crippen LogP contribution in [-0.2, 0) is 0 Å². The van der Waals surface area contributed by atoms with Crippen LogP contribution < -0.4 is 5.32 Å². The highest BCUT2D eigenvalue weighted by Gasteiger charge is 2.26. The smallest absolute Gasteiger partial charge is 0.00233 e. The zero-order valence-corrected chi connectivity index (χ0v) is 8.11. The highest BCUT2D eigenvalue weighted by atomic mass is 14.8. The lowest BCUT2D eigenvalue weighted by atomic mass is 9.72. The molecule has 0 heterocycles. The van der Waals surface area contributed by atoms with Crippen molar-refractivity contribution in [2.75, 3.05) is 13.6 Å². The van der Waals surface area contributed by atoms with Crippen molar-refractivity contribution in [3.63, 3.8) is 0 Å². The average molecular weight is 155 g/mol. The van der Waals surface area contributed by atoms with Crippen molar-refractivity contribution in [3.05, 3.63) is 0 Å². The van der Waals surface area contributed by atoms with Gasteiger partial charge in [-0.3, -0.25) is 0 Å². The van der Waals surface area contributed by atoms with Crippen molar-refractivity contribution in [1.82, 2.24) is 5.32 Å². The van der Waals surface area contributed by atoms with Crippen molar-refractivity contribution in [3.8, 4) is 0 Å². The number of hydrogen-bond acceptors (Lipinski definition) is 1. The normalized spacial score (nSPS) is 30.3. The van der Waals surface area contributed by atoms with Crippen molar-refractivity contribution >= 4 is 0 Å². The second kappa shape index (κ2) is 3.57. The predicted octanol–water partition coefficient (Wildman–Crippen LogP) is 2.42. The minimum absolute atomic E-state index is 0.611. The van der Waals surface area contributed by atoms with Crippen LogP contribution in [0, 0.1) is 11.3 Å². The van der Waals surface area contributed by atoms with Gasteiger partial charge in [0.05, 0.1) is 0 Å². The fourth-order valence-electron chi connectivity index (χ4n) is 2.32. The van der Waals surface area contributed by atoms with Gasteiger partial charge < -0.3 is 5.32 Å². The molecule has 1 aliphatic rings. The first-order valence-corrected chi connectivity index (χ1v) is 4.79. The van der Waals surface area contributed by atoms with E-state index in [1.807, 2.05) is 0 Å². The third kappa shape index (κ3) is 2.82. The van der Waals surface area contributed by atoms with Gasteiger partial charge in [-0.2, -0.15) is 0 Å². The van der Waals surface area contributed by atoms with Gasteiger partial charge in [0.25, 0.3) is 0 Å². The monoisotopic (exact) mass is 155 g/mol. The van der Waals surface area contributed by atoms with Gasteiger partial charge in [0.2, 0.25) is 0 Å². The van der Waals surface area contributed by atoms with E-state index in [-0.39, 0.29) is 0 Å². The fourth-order valence-corrected chi connectivity index (χ4v) is 2.32. The molecule has 0 amide bonds. The molecule has 1 rings (SSSR count). The quantitative estimate of drug-likeness (QED) is 0.646. The SMILES string of the molecule is CNC[C@@H]1CCCC(C)(C)C1. The van der Waals surface area contributed by atoms with Gasteiger partial charge in [-0.15, -0.1) is 0 Å². The molecule has 1 N–H and O–H groups in total. The first-order chi connectivity index (χ1) is 5.14. The van der Waals surface area contributed by atoms with E-state index in [0.717, 1.165) is 5.92 Å². The first kappa shape index (κ1) is 9.05. The molecule has 0 aromatic heterocycles. The molecular weight excluding hydrogens is 134 g/mol. The van der Waals surface area contributed by atoms with E-state index in [9.17, 15) is 0 Å². The Kier molecular flexibility index (Phi) is 2.94. The van der Waals surface area contributed by atoms with Crippen molar-refractivity contribution in [2.45, 2.75) is 39.5 Å². The van der Waals surface area contributed by atoms with Crippen LogP contribution in [0.1, 0.15) is 39.5 Å². The summed E-state index contributed by atoms with van der Waals surface area (Å²) in [6, 6.07) is 0. The van der Waals surface area contributed by atoms with Crippen molar-refractivity contribution in [1.29, 1.82) is 0 Å². The Morgan fingerprint density at radius 2 is 2.18 bits per heavy atom. The van der Waals surface area contributed by atoms with Crippen LogP contribution in [0.3, 0.4) is 0 Å². The third-order valence-electron chi connectivity index (χ3n) is 2.80. The van der Waals surface area contributed by atoms with E-state index in [4.69, 9.17) is 0 Å². The molecule has 0 radical (unpaired) electrons. The minimum atomic E-state index is 0.611. The van der Waals surface area contributed by atoms with E-state index in [1.165, 1.54) is 32.2 Å². The maximum absolute atomic E-state index is 3.28. The van der Waals surface area contributed by atoms with E-state index >= 15 is 0 Å². The van der Waals surface area contributed by atoms with Crippen LogP contribution in [0.15, 0.2) is 0 Å². The maximum atomic E-state index is 3.28. The molecule has 11 heavy (non-hydrogen) atoms. The molecule has 0 spiro atoms. The Bertz CT molecular complexity index is 116. The lowest BCUT2D eigenvalue weighted by Gasteiger charge is -2.35. The standard InChI is InChI=1S/C10H21N/c1-10(2)6-4-5-9(7-10)8-11-3/h9,11H,4-8H2,1-3H3/t9-/m1/s1. The van der Waals surface area contributed by atoms with Gasteiger partial charge in [0.1, 0.15) is 0 Å². The van der Waals surface area contributed by atoms with Crippen LogP contribution in [0.25, 0.3) is 0 Å². The topological polar surface area (TPSA) is 12.0 Å². The zero-order chi connectivity index (χ0) is 8.32. The second-order valence-corrected chi connectivity index (χ2v) is 4.68. The molecule has 1 fully saturated rings. The average Bonchev–Trinajstić information content (AvgIpc) is 1.85. The largest absolute Gasteiger partial charge is 0.319 e. The molecule has 0 saturated heterocycles. The van der Waals surface area contributed by atoms with Crippen LogP contribution in [0.5, 0.6) is 0 Å². The Hall–Kier alpha value is -0.0400. The predicted molar refractivity (Wildman–Crippen MR) is 49.7 cm³/mol. The van der Waals surface area contributed by atoms with E-state index in [0.29, 0.717) is 5.41 Å². The summed E-state index contributed by atoms with van der Waals surface area (Å²) in [5, 5.41) is 3.28. The molecular formula is C10H21N. The molecule has 1 nitrogen and oxygen atoms in total. The fraction of sp³-hybridized carbons (Fsp3) is 1.00. The molecule has 66 valence electrons. The van der Waals surface area contributed by atoms with Crippen LogP contribution >= 0.6 is 0 Å². The van der Waals surface area contributed by atoms with E-state index < -0.39 is 0 Å². The minimum Gasteiger partial charge on any atom is -0.319 e. The molecule has 0 aromatic carbocycles. The van der Waals surface area contributed by atoms with E-state index in [2.05, 4.69) is 26.2 Å². The summed E-state index contributed by atoms with van der Waals surface area (Å²) in [5.41, 5.74) is 0.611. The lowest BCUT2D eigenvalue weighted by molar-refractivity contribution is 0.179. The van der Waals surface area contributed by atoms with Crippen LogP contribution in [0.4, 0.5) is 0 Å². The van der Waals surface area contributed by atoms with Crippen molar-refractivity contribution in [2.24, 2.45) is 11.3 Å². The Labute approximate surface area is 70.6 Å². The molecule has 1 saturated carbocycles. The molecule has 0 unspecified atom stereocenters. The zero-order valence-electron chi connectivity index (χ0n) is 8.11. The van der Waals surface area contributed by atoms with Gasteiger partial charge >= 0.3 is 0 Å². The van der Waals surface area contributed by atoms with Gasteiger partial charge in [-0.25, -0.2) is 0 Å². The highest BCUT2D eigenvalue weighted by molar-refractivity contribution is 4.79. The summed E-state index contributed by atoms with van der Waals surface area (Å²) in [6.45, 7) is 6.01. The summed E-state index contributed by atoms with van der Waals surface area (Å²) in [7, 11) is 2.06. The summed E-state index contributed by atoms with van der Waals surface area (Å²) >= 11 is 0. The summed E-state index contributed by atoms with van der Waals surface area (Å²) in [5.74, 6) is 0.934. The number of nitrogens with one attached hydrogen (secondary N) is 1. The molecule has 0 aliphatic heterocycles. The molecule has 0 aromatic rings. The van der Waals surface area contributed by atoms with Gasteiger partial charge in [-0.1, -0.05) is 20.3 Å². The highest BCUT2D eigenvalue weighted by Crippen LogP contribution is 2.37.